The van der Waals surface area contributed by atoms with E-state index in [1.54, 1.807) is 0 Å². The standard InChI is InChI=1S/C13H22N2O5/c1-8(12(18)20-2)14-13(19)15-10(11(16)17)9-6-4-3-5-7-9/h8-10H,3-7H2,1-2H3,(H,16,17)(H2,14,15,19). The van der Waals surface area contributed by atoms with E-state index in [1.807, 2.05) is 0 Å². The summed E-state index contributed by atoms with van der Waals surface area (Å²) >= 11 is 0. The van der Waals surface area contributed by atoms with Gasteiger partial charge in [-0.1, -0.05) is 19.3 Å². The number of carboxylic acid groups (broad SMARTS) is 1. The highest BCUT2D eigenvalue weighted by Crippen LogP contribution is 2.26. The molecule has 7 nitrogen and oxygen atoms in total. The fraction of sp³-hybridized carbons (Fsp3) is 0.769. The van der Waals surface area contributed by atoms with Crippen LogP contribution in [0.25, 0.3) is 0 Å². The van der Waals surface area contributed by atoms with Gasteiger partial charge < -0.3 is 20.5 Å². The van der Waals surface area contributed by atoms with Crippen LogP contribution in [0, 0.1) is 5.92 Å². The average molecular weight is 286 g/mol. The first-order valence-electron chi connectivity index (χ1n) is 6.83. The molecule has 0 aromatic rings. The molecule has 1 rings (SSSR count). The van der Waals surface area contributed by atoms with E-state index in [0.29, 0.717) is 0 Å². The van der Waals surface area contributed by atoms with Gasteiger partial charge in [0, 0.05) is 0 Å². The predicted octanol–water partition coefficient (Wildman–Crippen LogP) is 0.881. The Morgan fingerprint density at radius 1 is 1.15 bits per heavy atom. The Bertz CT molecular complexity index is 366. The summed E-state index contributed by atoms with van der Waals surface area (Å²) in [5.41, 5.74) is 0. The highest BCUT2D eigenvalue weighted by Gasteiger charge is 2.31. The molecule has 0 bridgehead atoms. The first kappa shape index (κ1) is 16.3. The maximum Gasteiger partial charge on any atom is 0.328 e. The molecule has 0 radical (unpaired) electrons. The highest BCUT2D eigenvalue weighted by atomic mass is 16.5. The third-order valence-corrected chi connectivity index (χ3v) is 3.58. The number of rotatable bonds is 5. The van der Waals surface area contributed by atoms with E-state index in [-0.39, 0.29) is 5.92 Å². The van der Waals surface area contributed by atoms with Crippen molar-refractivity contribution in [3.8, 4) is 0 Å². The molecule has 0 aromatic heterocycles. The Labute approximate surface area is 118 Å². The molecule has 0 saturated heterocycles. The molecule has 1 aliphatic rings. The van der Waals surface area contributed by atoms with Crippen molar-refractivity contribution >= 4 is 18.0 Å². The maximum atomic E-state index is 11.7. The zero-order chi connectivity index (χ0) is 15.1. The number of carboxylic acids is 1. The third kappa shape index (κ3) is 4.71. The fourth-order valence-corrected chi connectivity index (χ4v) is 2.46. The van der Waals surface area contributed by atoms with Crippen LogP contribution in [0.5, 0.6) is 0 Å². The average Bonchev–Trinajstić information content (AvgIpc) is 2.44. The molecular formula is C13H22N2O5. The maximum absolute atomic E-state index is 11.7. The zero-order valence-corrected chi connectivity index (χ0v) is 11.8. The van der Waals surface area contributed by atoms with Gasteiger partial charge in [0.15, 0.2) is 0 Å². The van der Waals surface area contributed by atoms with Gasteiger partial charge in [0.1, 0.15) is 12.1 Å². The van der Waals surface area contributed by atoms with E-state index in [2.05, 4.69) is 15.4 Å². The molecule has 1 saturated carbocycles. The van der Waals surface area contributed by atoms with Crippen LogP contribution in [0.2, 0.25) is 0 Å². The second kappa shape index (κ2) is 7.72. The van der Waals surface area contributed by atoms with Crippen molar-refractivity contribution in [1.82, 2.24) is 10.6 Å². The molecule has 0 aliphatic heterocycles. The lowest BCUT2D eigenvalue weighted by Crippen LogP contribution is -2.53. The fourth-order valence-electron chi connectivity index (χ4n) is 2.46. The van der Waals surface area contributed by atoms with Crippen LogP contribution >= 0.6 is 0 Å². The van der Waals surface area contributed by atoms with Crippen molar-refractivity contribution in [2.45, 2.75) is 51.1 Å². The van der Waals surface area contributed by atoms with Crippen LogP contribution in [-0.2, 0) is 14.3 Å². The summed E-state index contributed by atoms with van der Waals surface area (Å²) < 4.78 is 4.48. The molecule has 2 unspecified atom stereocenters. The number of nitrogens with one attached hydrogen (secondary N) is 2. The Hall–Kier alpha value is -1.79. The van der Waals surface area contributed by atoms with Gasteiger partial charge in [-0.15, -0.1) is 0 Å². The highest BCUT2D eigenvalue weighted by molar-refractivity contribution is 5.86. The smallest absolute Gasteiger partial charge is 0.328 e. The molecule has 1 fully saturated rings. The number of methoxy groups -OCH3 is 1. The number of esters is 1. The number of aliphatic carboxylic acids is 1. The normalized spacial score (nSPS) is 18.7. The van der Waals surface area contributed by atoms with Gasteiger partial charge in [0.05, 0.1) is 7.11 Å². The number of ether oxygens (including phenoxy) is 1. The van der Waals surface area contributed by atoms with E-state index in [9.17, 15) is 19.5 Å². The zero-order valence-electron chi connectivity index (χ0n) is 11.8. The summed E-state index contributed by atoms with van der Waals surface area (Å²) in [6.45, 7) is 1.47. The monoisotopic (exact) mass is 286 g/mol. The van der Waals surface area contributed by atoms with Gasteiger partial charge in [-0.25, -0.2) is 14.4 Å². The number of amides is 2. The second-order valence-corrected chi connectivity index (χ2v) is 5.08. The summed E-state index contributed by atoms with van der Waals surface area (Å²) in [5.74, 6) is -1.68. The quantitative estimate of drug-likeness (QED) is 0.651. The minimum absolute atomic E-state index is 0.0552. The van der Waals surface area contributed by atoms with Crippen LogP contribution in [0.3, 0.4) is 0 Å². The molecule has 0 heterocycles. The molecule has 2 atom stereocenters. The lowest BCUT2D eigenvalue weighted by Gasteiger charge is -2.28. The first-order valence-corrected chi connectivity index (χ1v) is 6.83. The largest absolute Gasteiger partial charge is 0.480 e. The summed E-state index contributed by atoms with van der Waals surface area (Å²) in [4.78, 5) is 34.2. The van der Waals surface area contributed by atoms with E-state index in [4.69, 9.17) is 0 Å². The Balaban J connectivity index is 2.54. The van der Waals surface area contributed by atoms with Crippen LogP contribution in [0.4, 0.5) is 4.79 Å². The van der Waals surface area contributed by atoms with Gasteiger partial charge in [0.2, 0.25) is 0 Å². The first-order chi connectivity index (χ1) is 9.45. The van der Waals surface area contributed by atoms with Crippen LogP contribution in [0.1, 0.15) is 39.0 Å². The van der Waals surface area contributed by atoms with Gasteiger partial charge in [-0.05, 0) is 25.7 Å². The van der Waals surface area contributed by atoms with Gasteiger partial charge in [-0.3, -0.25) is 0 Å². The van der Waals surface area contributed by atoms with Crippen molar-refractivity contribution < 1.29 is 24.2 Å². The lowest BCUT2D eigenvalue weighted by molar-refractivity contribution is -0.142. The number of hydrogen-bond acceptors (Lipinski definition) is 4. The Kier molecular flexibility index (Phi) is 6.27. The molecule has 0 aromatic carbocycles. The summed E-state index contributed by atoms with van der Waals surface area (Å²) in [6.07, 6.45) is 4.66. The molecule has 1 aliphatic carbocycles. The molecule has 114 valence electrons. The van der Waals surface area contributed by atoms with Crippen LogP contribution < -0.4 is 10.6 Å². The molecule has 3 N–H and O–H groups in total. The van der Waals surface area contributed by atoms with Gasteiger partial charge in [-0.2, -0.15) is 0 Å². The summed E-state index contributed by atoms with van der Waals surface area (Å²) in [6, 6.07) is -2.40. The Morgan fingerprint density at radius 3 is 2.25 bits per heavy atom. The van der Waals surface area contributed by atoms with Crippen molar-refractivity contribution in [2.75, 3.05) is 7.11 Å². The van der Waals surface area contributed by atoms with E-state index in [0.717, 1.165) is 32.1 Å². The van der Waals surface area contributed by atoms with Gasteiger partial charge in [0.25, 0.3) is 0 Å². The topological polar surface area (TPSA) is 105 Å². The van der Waals surface area contributed by atoms with Crippen molar-refractivity contribution in [3.63, 3.8) is 0 Å². The Morgan fingerprint density at radius 2 is 1.75 bits per heavy atom. The summed E-state index contributed by atoms with van der Waals surface area (Å²) in [7, 11) is 1.22. The van der Waals surface area contributed by atoms with E-state index in [1.165, 1.54) is 14.0 Å². The number of hydrogen-bond donors (Lipinski definition) is 3. The minimum atomic E-state index is -1.04. The molecule has 2 amide bonds. The lowest BCUT2D eigenvalue weighted by atomic mass is 9.84. The number of urea groups is 1. The molecule has 0 spiro atoms. The van der Waals surface area contributed by atoms with Gasteiger partial charge >= 0.3 is 18.0 Å². The van der Waals surface area contributed by atoms with E-state index < -0.39 is 30.1 Å². The van der Waals surface area contributed by atoms with E-state index >= 15 is 0 Å². The SMILES string of the molecule is COC(=O)C(C)NC(=O)NC(C(=O)O)C1CCCCC1. The molecular weight excluding hydrogens is 264 g/mol. The van der Waals surface area contributed by atoms with Crippen molar-refractivity contribution in [2.24, 2.45) is 5.92 Å². The summed E-state index contributed by atoms with van der Waals surface area (Å²) in [5, 5.41) is 14.0. The third-order valence-electron chi connectivity index (χ3n) is 3.58. The van der Waals surface area contributed by atoms with Crippen LogP contribution in [0.15, 0.2) is 0 Å². The number of carbonyl (C=O) groups is 3. The van der Waals surface area contributed by atoms with Crippen molar-refractivity contribution in [1.29, 1.82) is 0 Å². The molecule has 7 heteroatoms. The number of carbonyl (C=O) groups excluding carboxylic acids is 2. The van der Waals surface area contributed by atoms with Crippen molar-refractivity contribution in [3.05, 3.63) is 0 Å². The minimum Gasteiger partial charge on any atom is -0.480 e. The van der Waals surface area contributed by atoms with Crippen LogP contribution in [-0.4, -0.2) is 42.3 Å². The second-order valence-electron chi connectivity index (χ2n) is 5.08. The predicted molar refractivity (Wildman–Crippen MR) is 71.1 cm³/mol. The molecule has 20 heavy (non-hydrogen) atoms.